The third kappa shape index (κ3) is 5.66. The average molecular weight is 184 g/mol. The van der Waals surface area contributed by atoms with Crippen LogP contribution in [0, 0.1) is 0 Å². The molecule has 0 radical (unpaired) electrons. The SMILES string of the molecule is C/C=C/C=C/C(=O)OC(C)C(=O)O. The summed E-state index contributed by atoms with van der Waals surface area (Å²) >= 11 is 0. The van der Waals surface area contributed by atoms with Gasteiger partial charge in [-0.2, -0.15) is 0 Å². The van der Waals surface area contributed by atoms with Crippen molar-refractivity contribution in [3.63, 3.8) is 0 Å². The van der Waals surface area contributed by atoms with Crippen molar-refractivity contribution in [2.45, 2.75) is 20.0 Å². The summed E-state index contributed by atoms with van der Waals surface area (Å²) in [6, 6.07) is 0. The van der Waals surface area contributed by atoms with Crippen molar-refractivity contribution >= 4 is 11.9 Å². The van der Waals surface area contributed by atoms with Crippen LogP contribution in [0.2, 0.25) is 0 Å². The highest BCUT2D eigenvalue weighted by atomic mass is 16.6. The van der Waals surface area contributed by atoms with Gasteiger partial charge in [0.15, 0.2) is 6.10 Å². The van der Waals surface area contributed by atoms with Crippen LogP contribution in [0.25, 0.3) is 0 Å². The van der Waals surface area contributed by atoms with Gasteiger partial charge in [-0.25, -0.2) is 9.59 Å². The number of rotatable bonds is 4. The minimum absolute atomic E-state index is 0.659. The number of ether oxygens (including phenoxy) is 1. The molecule has 0 aliphatic rings. The maximum atomic E-state index is 10.8. The lowest BCUT2D eigenvalue weighted by atomic mass is 10.4. The van der Waals surface area contributed by atoms with Crippen LogP contribution in [0.4, 0.5) is 0 Å². The molecule has 72 valence electrons. The van der Waals surface area contributed by atoms with Gasteiger partial charge < -0.3 is 9.84 Å². The highest BCUT2D eigenvalue weighted by molar-refractivity contribution is 5.85. The van der Waals surface area contributed by atoms with E-state index < -0.39 is 18.0 Å². The normalized spacial score (nSPS) is 13.4. The molecule has 0 amide bonds. The minimum atomic E-state index is -1.16. The molecule has 0 spiro atoms. The van der Waals surface area contributed by atoms with Crippen LogP contribution in [0.1, 0.15) is 13.8 Å². The van der Waals surface area contributed by atoms with Gasteiger partial charge in [-0.05, 0) is 13.8 Å². The van der Waals surface area contributed by atoms with Crippen LogP contribution >= 0.6 is 0 Å². The second-order valence-electron chi connectivity index (χ2n) is 2.30. The van der Waals surface area contributed by atoms with Gasteiger partial charge in [0.1, 0.15) is 0 Å². The van der Waals surface area contributed by atoms with Crippen LogP contribution in [0.15, 0.2) is 24.3 Å². The lowest BCUT2D eigenvalue weighted by Gasteiger charge is -2.04. The molecule has 0 heterocycles. The first-order valence-corrected chi connectivity index (χ1v) is 3.80. The number of hydrogen-bond acceptors (Lipinski definition) is 3. The van der Waals surface area contributed by atoms with E-state index in [1.54, 1.807) is 19.1 Å². The molecule has 0 fully saturated rings. The molecule has 13 heavy (non-hydrogen) atoms. The standard InChI is InChI=1S/C9H12O4/c1-3-4-5-6-8(10)13-7(2)9(11)12/h3-7H,1-2H3,(H,11,12)/b4-3+,6-5+. The largest absolute Gasteiger partial charge is 0.479 e. The molecule has 0 rings (SSSR count). The van der Waals surface area contributed by atoms with E-state index in [1.807, 2.05) is 0 Å². The summed E-state index contributed by atoms with van der Waals surface area (Å²) in [5.74, 6) is -1.82. The second-order valence-corrected chi connectivity index (χ2v) is 2.30. The van der Waals surface area contributed by atoms with Gasteiger partial charge in [0.25, 0.3) is 0 Å². The Hall–Kier alpha value is -1.58. The number of carbonyl (C=O) groups excluding carboxylic acids is 1. The molecular formula is C9H12O4. The summed E-state index contributed by atoms with van der Waals surface area (Å²) in [5, 5.41) is 8.39. The predicted octanol–water partition coefficient (Wildman–Crippen LogP) is 1.14. The van der Waals surface area contributed by atoms with E-state index >= 15 is 0 Å². The smallest absolute Gasteiger partial charge is 0.344 e. The molecule has 0 aliphatic heterocycles. The average Bonchev–Trinajstić information content (AvgIpc) is 2.04. The van der Waals surface area contributed by atoms with E-state index in [4.69, 9.17) is 5.11 Å². The number of allylic oxidation sites excluding steroid dienone is 3. The van der Waals surface area contributed by atoms with Crippen LogP contribution < -0.4 is 0 Å². The molecule has 0 aromatic carbocycles. The maximum absolute atomic E-state index is 10.8. The fourth-order valence-electron chi connectivity index (χ4n) is 0.509. The maximum Gasteiger partial charge on any atom is 0.344 e. The summed E-state index contributed by atoms with van der Waals surface area (Å²) in [5.41, 5.74) is 0. The van der Waals surface area contributed by atoms with Gasteiger partial charge >= 0.3 is 11.9 Å². The zero-order chi connectivity index (χ0) is 10.3. The van der Waals surface area contributed by atoms with E-state index in [1.165, 1.54) is 19.1 Å². The van der Waals surface area contributed by atoms with Crippen molar-refractivity contribution in [3.8, 4) is 0 Å². The van der Waals surface area contributed by atoms with Crippen molar-refractivity contribution in [3.05, 3.63) is 24.3 Å². The predicted molar refractivity (Wildman–Crippen MR) is 47.1 cm³/mol. The third-order valence-electron chi connectivity index (χ3n) is 1.18. The molecule has 0 aromatic rings. The van der Waals surface area contributed by atoms with Crippen LogP contribution in [-0.2, 0) is 14.3 Å². The second kappa shape index (κ2) is 5.99. The van der Waals surface area contributed by atoms with Crippen LogP contribution in [0.5, 0.6) is 0 Å². The molecule has 4 heteroatoms. The first-order chi connectivity index (χ1) is 6.07. The zero-order valence-corrected chi connectivity index (χ0v) is 7.56. The summed E-state index contributed by atoms with van der Waals surface area (Å²) in [4.78, 5) is 21.1. The van der Waals surface area contributed by atoms with Crippen LogP contribution in [-0.4, -0.2) is 23.1 Å². The first kappa shape index (κ1) is 11.4. The summed E-state index contributed by atoms with van der Waals surface area (Å²) in [7, 11) is 0. The summed E-state index contributed by atoms with van der Waals surface area (Å²) < 4.78 is 4.50. The molecule has 1 N–H and O–H groups in total. The molecule has 1 atom stereocenters. The zero-order valence-electron chi connectivity index (χ0n) is 7.56. The molecule has 1 unspecified atom stereocenters. The lowest BCUT2D eigenvalue weighted by Crippen LogP contribution is -2.22. The van der Waals surface area contributed by atoms with E-state index in [0.717, 1.165) is 0 Å². The van der Waals surface area contributed by atoms with Crippen LogP contribution in [0.3, 0.4) is 0 Å². The Morgan fingerprint density at radius 2 is 2.00 bits per heavy atom. The third-order valence-corrected chi connectivity index (χ3v) is 1.18. The Kier molecular flexibility index (Phi) is 5.27. The quantitative estimate of drug-likeness (QED) is 0.404. The highest BCUT2D eigenvalue weighted by Crippen LogP contribution is 1.92. The molecule has 0 bridgehead atoms. The highest BCUT2D eigenvalue weighted by Gasteiger charge is 2.13. The monoisotopic (exact) mass is 184 g/mol. The van der Waals surface area contributed by atoms with Crippen molar-refractivity contribution in [2.24, 2.45) is 0 Å². The first-order valence-electron chi connectivity index (χ1n) is 3.80. The summed E-state index contributed by atoms with van der Waals surface area (Å²) in [6.45, 7) is 3.10. The van der Waals surface area contributed by atoms with Gasteiger partial charge in [-0.3, -0.25) is 0 Å². The molecular weight excluding hydrogens is 172 g/mol. The molecule has 0 aliphatic carbocycles. The van der Waals surface area contributed by atoms with E-state index in [0.29, 0.717) is 0 Å². The molecule has 0 aromatic heterocycles. The Labute approximate surface area is 76.5 Å². The fourth-order valence-corrected chi connectivity index (χ4v) is 0.509. The van der Waals surface area contributed by atoms with E-state index in [9.17, 15) is 9.59 Å². The number of carbonyl (C=O) groups is 2. The Balaban J connectivity index is 3.94. The number of esters is 1. The number of hydrogen-bond donors (Lipinski definition) is 1. The Bertz CT molecular complexity index is 240. The topological polar surface area (TPSA) is 63.6 Å². The lowest BCUT2D eigenvalue weighted by molar-refractivity contribution is -0.159. The number of carboxylic acids is 1. The van der Waals surface area contributed by atoms with Gasteiger partial charge in [0, 0.05) is 6.08 Å². The van der Waals surface area contributed by atoms with E-state index in [2.05, 4.69) is 4.74 Å². The minimum Gasteiger partial charge on any atom is -0.479 e. The van der Waals surface area contributed by atoms with Gasteiger partial charge in [-0.15, -0.1) is 0 Å². The van der Waals surface area contributed by atoms with Crippen molar-refractivity contribution in [1.82, 2.24) is 0 Å². The number of carboxylic acid groups (broad SMARTS) is 1. The van der Waals surface area contributed by atoms with Crippen molar-refractivity contribution in [2.75, 3.05) is 0 Å². The number of aliphatic carboxylic acids is 1. The Morgan fingerprint density at radius 3 is 2.46 bits per heavy atom. The van der Waals surface area contributed by atoms with E-state index in [-0.39, 0.29) is 0 Å². The van der Waals surface area contributed by atoms with Gasteiger partial charge in [-0.1, -0.05) is 18.2 Å². The molecule has 0 saturated heterocycles. The van der Waals surface area contributed by atoms with Crippen molar-refractivity contribution < 1.29 is 19.4 Å². The molecule has 0 saturated carbocycles. The molecule has 4 nitrogen and oxygen atoms in total. The van der Waals surface area contributed by atoms with Gasteiger partial charge in [0.2, 0.25) is 0 Å². The fraction of sp³-hybridized carbons (Fsp3) is 0.333. The Morgan fingerprint density at radius 1 is 1.38 bits per heavy atom. The van der Waals surface area contributed by atoms with Crippen molar-refractivity contribution in [1.29, 1.82) is 0 Å². The summed E-state index contributed by atoms with van der Waals surface area (Å²) in [6.07, 6.45) is 4.93. The van der Waals surface area contributed by atoms with Gasteiger partial charge in [0.05, 0.1) is 0 Å².